The van der Waals surface area contributed by atoms with E-state index < -0.39 is 0 Å². The van der Waals surface area contributed by atoms with Gasteiger partial charge >= 0.3 is 0 Å². The van der Waals surface area contributed by atoms with Gasteiger partial charge in [0.25, 0.3) is 0 Å². The third-order valence-electron chi connectivity index (χ3n) is 2.77. The van der Waals surface area contributed by atoms with Crippen molar-refractivity contribution in [2.45, 2.75) is 17.0 Å². The van der Waals surface area contributed by atoms with E-state index in [4.69, 9.17) is 0 Å². The molecule has 0 aliphatic rings. The largest absolute Gasteiger partial charge is 0.301 e. The van der Waals surface area contributed by atoms with Crippen molar-refractivity contribution in [3.8, 4) is 5.69 Å². The van der Waals surface area contributed by atoms with Crippen molar-refractivity contribution < 1.29 is 9.18 Å². The summed E-state index contributed by atoms with van der Waals surface area (Å²) in [6, 6.07) is 8.03. The molecule has 0 atom stereocenters. The van der Waals surface area contributed by atoms with Gasteiger partial charge in [0, 0.05) is 18.9 Å². The second kappa shape index (κ2) is 6.88. The minimum Gasteiger partial charge on any atom is -0.301 e. The molecular formula is C14H12FN5OS2. The number of amides is 1. The highest BCUT2D eigenvalue weighted by molar-refractivity contribution is 8.00. The molecule has 0 spiro atoms. The maximum Gasteiger partial charge on any atom is 0.223 e. The van der Waals surface area contributed by atoms with Gasteiger partial charge in [0.15, 0.2) is 4.34 Å². The molecule has 1 amide bonds. The smallest absolute Gasteiger partial charge is 0.223 e. The zero-order valence-electron chi connectivity index (χ0n) is 12.1. The molecule has 2 heterocycles. The topological polar surface area (TPSA) is 72.7 Å². The summed E-state index contributed by atoms with van der Waals surface area (Å²) in [7, 11) is 0. The molecule has 2 aromatic heterocycles. The standard InChI is InChI=1S/C14H12FN5OS2/c1-9(21)16-13-17-18-14(23-13)22-8-11-6-7-20(19-11)12-4-2-10(15)3-5-12/h2-7H,8H2,1H3,(H,16,17,21). The van der Waals surface area contributed by atoms with Crippen LogP contribution in [0.4, 0.5) is 9.52 Å². The highest BCUT2D eigenvalue weighted by Gasteiger charge is 2.08. The number of nitrogens with zero attached hydrogens (tertiary/aromatic N) is 4. The zero-order chi connectivity index (χ0) is 16.2. The van der Waals surface area contributed by atoms with Crippen molar-refractivity contribution in [3.05, 3.63) is 48.0 Å². The SMILES string of the molecule is CC(=O)Nc1nnc(SCc2ccn(-c3ccc(F)cc3)n2)s1. The van der Waals surface area contributed by atoms with Gasteiger partial charge in [-0.25, -0.2) is 9.07 Å². The van der Waals surface area contributed by atoms with E-state index in [9.17, 15) is 9.18 Å². The number of nitrogens with one attached hydrogen (secondary N) is 1. The monoisotopic (exact) mass is 349 g/mol. The number of hydrogen-bond acceptors (Lipinski definition) is 6. The number of carbonyl (C=O) groups excluding carboxylic acids is 1. The average molecular weight is 349 g/mol. The van der Waals surface area contributed by atoms with Crippen molar-refractivity contribution in [1.29, 1.82) is 0 Å². The van der Waals surface area contributed by atoms with E-state index in [2.05, 4.69) is 20.6 Å². The van der Waals surface area contributed by atoms with E-state index in [1.807, 2.05) is 12.3 Å². The van der Waals surface area contributed by atoms with Crippen LogP contribution in [0.25, 0.3) is 5.69 Å². The van der Waals surface area contributed by atoms with Crippen LogP contribution < -0.4 is 5.32 Å². The Morgan fingerprint density at radius 3 is 2.83 bits per heavy atom. The van der Waals surface area contributed by atoms with E-state index in [1.54, 1.807) is 16.8 Å². The summed E-state index contributed by atoms with van der Waals surface area (Å²) in [5, 5.41) is 15.4. The van der Waals surface area contributed by atoms with Crippen molar-refractivity contribution >= 4 is 34.1 Å². The molecule has 3 aromatic rings. The fourth-order valence-electron chi connectivity index (χ4n) is 1.78. The van der Waals surface area contributed by atoms with Gasteiger partial charge < -0.3 is 5.32 Å². The zero-order valence-corrected chi connectivity index (χ0v) is 13.7. The summed E-state index contributed by atoms with van der Waals surface area (Å²) in [6.45, 7) is 1.43. The number of benzene rings is 1. The first-order valence-electron chi connectivity index (χ1n) is 6.64. The molecule has 0 radical (unpaired) electrons. The molecule has 0 aliphatic heterocycles. The maximum absolute atomic E-state index is 12.9. The van der Waals surface area contributed by atoms with Gasteiger partial charge in [-0.3, -0.25) is 4.79 Å². The molecule has 0 saturated heterocycles. The molecule has 0 bridgehead atoms. The lowest BCUT2D eigenvalue weighted by Crippen LogP contribution is -2.04. The molecule has 0 unspecified atom stereocenters. The van der Waals surface area contributed by atoms with Crippen LogP contribution in [0.1, 0.15) is 12.6 Å². The number of halogens is 1. The molecule has 6 nitrogen and oxygen atoms in total. The van der Waals surface area contributed by atoms with E-state index in [0.29, 0.717) is 10.9 Å². The molecule has 118 valence electrons. The Balaban J connectivity index is 1.62. The minimum atomic E-state index is -0.275. The fraction of sp³-hybridized carbons (Fsp3) is 0.143. The van der Waals surface area contributed by atoms with Gasteiger partial charge in [-0.1, -0.05) is 23.1 Å². The number of hydrogen-bond donors (Lipinski definition) is 1. The number of anilines is 1. The Bertz CT molecular complexity index is 815. The number of aromatic nitrogens is 4. The predicted molar refractivity (Wildman–Crippen MR) is 87.3 cm³/mol. The van der Waals surface area contributed by atoms with Crippen molar-refractivity contribution in [2.75, 3.05) is 5.32 Å². The molecule has 0 saturated carbocycles. The van der Waals surface area contributed by atoms with Gasteiger partial charge in [-0.05, 0) is 30.3 Å². The molecule has 23 heavy (non-hydrogen) atoms. The predicted octanol–water partition coefficient (Wildman–Crippen LogP) is 3.11. The third-order valence-corrected chi connectivity index (χ3v) is 4.77. The Labute approximate surface area is 139 Å². The number of rotatable bonds is 5. The molecule has 3 rings (SSSR count). The van der Waals surface area contributed by atoms with Crippen LogP contribution in [0, 0.1) is 5.82 Å². The molecule has 1 N–H and O–H groups in total. The van der Waals surface area contributed by atoms with Crippen LogP contribution in [0.3, 0.4) is 0 Å². The first-order valence-corrected chi connectivity index (χ1v) is 8.45. The second-order valence-corrected chi connectivity index (χ2v) is 6.77. The lowest BCUT2D eigenvalue weighted by atomic mass is 10.3. The van der Waals surface area contributed by atoms with Crippen LogP contribution in [0.5, 0.6) is 0 Å². The van der Waals surface area contributed by atoms with E-state index in [0.717, 1.165) is 15.7 Å². The van der Waals surface area contributed by atoms with E-state index >= 15 is 0 Å². The molecule has 9 heteroatoms. The van der Waals surface area contributed by atoms with Crippen LogP contribution in [-0.4, -0.2) is 25.9 Å². The summed E-state index contributed by atoms with van der Waals surface area (Å²) in [5.41, 5.74) is 1.67. The Morgan fingerprint density at radius 1 is 1.30 bits per heavy atom. The van der Waals surface area contributed by atoms with Crippen molar-refractivity contribution in [3.63, 3.8) is 0 Å². The Morgan fingerprint density at radius 2 is 2.09 bits per heavy atom. The molecule has 0 fully saturated rings. The molecule has 1 aromatic carbocycles. The summed E-state index contributed by atoms with van der Waals surface area (Å²) < 4.78 is 15.4. The van der Waals surface area contributed by atoms with Gasteiger partial charge in [0.05, 0.1) is 11.4 Å². The summed E-state index contributed by atoms with van der Waals surface area (Å²) >= 11 is 2.81. The van der Waals surface area contributed by atoms with Crippen LogP contribution in [-0.2, 0) is 10.5 Å². The van der Waals surface area contributed by atoms with Gasteiger partial charge in [0.1, 0.15) is 5.82 Å². The van der Waals surface area contributed by atoms with Crippen LogP contribution in [0.15, 0.2) is 40.9 Å². The molecule has 0 aliphatic carbocycles. The molecular weight excluding hydrogens is 337 g/mol. The van der Waals surface area contributed by atoms with Gasteiger partial charge in [-0.15, -0.1) is 10.2 Å². The van der Waals surface area contributed by atoms with Crippen molar-refractivity contribution in [1.82, 2.24) is 20.0 Å². The second-order valence-electron chi connectivity index (χ2n) is 4.57. The summed E-state index contributed by atoms with van der Waals surface area (Å²) in [6.07, 6.45) is 1.83. The fourth-order valence-corrected chi connectivity index (χ4v) is 3.48. The van der Waals surface area contributed by atoms with Crippen molar-refractivity contribution in [2.24, 2.45) is 0 Å². The normalized spacial score (nSPS) is 10.7. The Kier molecular flexibility index (Phi) is 4.68. The van der Waals surface area contributed by atoms with Gasteiger partial charge in [-0.2, -0.15) is 5.10 Å². The highest BCUT2D eigenvalue weighted by atomic mass is 32.2. The summed E-state index contributed by atoms with van der Waals surface area (Å²) in [5.74, 6) is 0.182. The Hall–Kier alpha value is -2.26. The van der Waals surface area contributed by atoms with Crippen LogP contribution in [0.2, 0.25) is 0 Å². The minimum absolute atomic E-state index is 0.171. The van der Waals surface area contributed by atoms with Gasteiger partial charge in [0.2, 0.25) is 11.0 Å². The summed E-state index contributed by atoms with van der Waals surface area (Å²) in [4.78, 5) is 10.9. The van der Waals surface area contributed by atoms with Crippen LogP contribution >= 0.6 is 23.1 Å². The lowest BCUT2D eigenvalue weighted by molar-refractivity contribution is -0.114. The highest BCUT2D eigenvalue weighted by Crippen LogP contribution is 2.27. The van der Waals surface area contributed by atoms with E-state index in [1.165, 1.54) is 42.2 Å². The number of thioether (sulfide) groups is 1. The third kappa shape index (κ3) is 4.14. The number of carbonyl (C=O) groups is 1. The average Bonchev–Trinajstić information content (AvgIpc) is 3.14. The first-order chi connectivity index (χ1) is 11.1. The first kappa shape index (κ1) is 15.6. The van der Waals surface area contributed by atoms with E-state index in [-0.39, 0.29) is 11.7 Å². The quantitative estimate of drug-likeness (QED) is 0.566. The maximum atomic E-state index is 12.9. The lowest BCUT2D eigenvalue weighted by Gasteiger charge is -2.00.